The Morgan fingerprint density at radius 2 is 1.95 bits per heavy atom. The van der Waals surface area contributed by atoms with Gasteiger partial charge in [0.1, 0.15) is 11.6 Å². The average molecular weight is 352 g/mol. The molecule has 0 aliphatic rings. The van der Waals surface area contributed by atoms with Gasteiger partial charge in [0.15, 0.2) is 0 Å². The van der Waals surface area contributed by atoms with E-state index in [4.69, 9.17) is 0 Å². The van der Waals surface area contributed by atoms with Gasteiger partial charge < -0.3 is 10.2 Å². The molecule has 0 saturated heterocycles. The Labute approximate surface area is 133 Å². The number of pyridine rings is 1. The van der Waals surface area contributed by atoms with E-state index in [1.807, 2.05) is 18.3 Å². The molecule has 0 aliphatic carbocycles. The molecule has 1 N–H and O–H groups in total. The van der Waals surface area contributed by atoms with Gasteiger partial charge in [-0.15, -0.1) is 0 Å². The molecule has 0 bridgehead atoms. The molecule has 3 nitrogen and oxygen atoms in total. The summed E-state index contributed by atoms with van der Waals surface area (Å²) >= 11 is 3.37. The molecule has 1 heterocycles. The van der Waals surface area contributed by atoms with Crippen molar-refractivity contribution in [2.45, 2.75) is 20.4 Å². The van der Waals surface area contributed by atoms with E-state index < -0.39 is 0 Å². The number of anilines is 2. The number of aromatic nitrogens is 1. The van der Waals surface area contributed by atoms with Crippen LogP contribution in [0.5, 0.6) is 0 Å². The van der Waals surface area contributed by atoms with Crippen molar-refractivity contribution in [2.24, 2.45) is 0 Å². The van der Waals surface area contributed by atoms with Crippen molar-refractivity contribution in [3.63, 3.8) is 0 Å². The summed E-state index contributed by atoms with van der Waals surface area (Å²) in [5.74, 6) is 0.740. The zero-order valence-electron chi connectivity index (χ0n) is 12.2. The minimum Gasteiger partial charge on any atom is -0.380 e. The lowest BCUT2D eigenvalue weighted by atomic mass is 10.2. The van der Waals surface area contributed by atoms with Crippen LogP contribution in [0.3, 0.4) is 0 Å². The monoisotopic (exact) mass is 351 g/mol. The maximum atomic E-state index is 13.0. The molecule has 112 valence electrons. The summed E-state index contributed by atoms with van der Waals surface area (Å²) in [6.45, 7) is 6.73. The molecule has 0 fully saturated rings. The highest BCUT2D eigenvalue weighted by Crippen LogP contribution is 2.20. The van der Waals surface area contributed by atoms with Crippen LogP contribution in [0.4, 0.5) is 15.9 Å². The van der Waals surface area contributed by atoms with Gasteiger partial charge in [0, 0.05) is 24.1 Å². The van der Waals surface area contributed by atoms with E-state index in [9.17, 15) is 4.39 Å². The van der Waals surface area contributed by atoms with Gasteiger partial charge in [-0.3, -0.25) is 0 Å². The SMILES string of the molecule is CCN(CC)c1ccc(NCc2ccc(F)cc2Br)cn1. The second-order valence-corrected chi connectivity index (χ2v) is 5.52. The molecule has 21 heavy (non-hydrogen) atoms. The summed E-state index contributed by atoms with van der Waals surface area (Å²) in [4.78, 5) is 6.66. The van der Waals surface area contributed by atoms with E-state index in [2.05, 4.69) is 45.0 Å². The number of rotatable bonds is 6. The van der Waals surface area contributed by atoms with Crippen LogP contribution in [0.25, 0.3) is 0 Å². The third kappa shape index (κ3) is 4.17. The van der Waals surface area contributed by atoms with E-state index in [0.29, 0.717) is 6.54 Å². The third-order valence-electron chi connectivity index (χ3n) is 3.33. The first-order chi connectivity index (χ1) is 10.1. The molecule has 1 aromatic carbocycles. The minimum absolute atomic E-state index is 0.240. The van der Waals surface area contributed by atoms with Crippen LogP contribution >= 0.6 is 15.9 Å². The lowest BCUT2D eigenvalue weighted by molar-refractivity contribution is 0.626. The molecule has 0 atom stereocenters. The molecular weight excluding hydrogens is 333 g/mol. The predicted molar refractivity (Wildman–Crippen MR) is 89.2 cm³/mol. The number of hydrogen-bond donors (Lipinski definition) is 1. The molecule has 2 aromatic rings. The fraction of sp³-hybridized carbons (Fsp3) is 0.312. The topological polar surface area (TPSA) is 28.2 Å². The van der Waals surface area contributed by atoms with Gasteiger partial charge in [-0.1, -0.05) is 22.0 Å². The Bertz CT molecular complexity index is 583. The van der Waals surface area contributed by atoms with Crippen LogP contribution in [0.15, 0.2) is 41.0 Å². The van der Waals surface area contributed by atoms with Crippen molar-refractivity contribution in [3.8, 4) is 0 Å². The summed E-state index contributed by atoms with van der Waals surface area (Å²) in [6, 6.07) is 8.72. The maximum Gasteiger partial charge on any atom is 0.128 e. The van der Waals surface area contributed by atoms with Crippen LogP contribution in [0.1, 0.15) is 19.4 Å². The van der Waals surface area contributed by atoms with Crippen LogP contribution in [-0.4, -0.2) is 18.1 Å². The Morgan fingerprint density at radius 1 is 1.19 bits per heavy atom. The normalized spacial score (nSPS) is 10.5. The van der Waals surface area contributed by atoms with Crippen LogP contribution in [0.2, 0.25) is 0 Å². The highest BCUT2D eigenvalue weighted by atomic mass is 79.9. The molecule has 0 radical (unpaired) electrons. The second-order valence-electron chi connectivity index (χ2n) is 4.67. The van der Waals surface area contributed by atoms with E-state index in [0.717, 1.165) is 34.6 Å². The van der Waals surface area contributed by atoms with Crippen LogP contribution in [-0.2, 0) is 6.54 Å². The molecule has 0 spiro atoms. The molecule has 0 amide bonds. The minimum atomic E-state index is -0.240. The molecule has 0 unspecified atom stereocenters. The first-order valence-corrected chi connectivity index (χ1v) is 7.82. The van der Waals surface area contributed by atoms with E-state index in [1.54, 1.807) is 6.07 Å². The van der Waals surface area contributed by atoms with Crippen molar-refractivity contribution >= 4 is 27.4 Å². The molecule has 1 aromatic heterocycles. The zero-order valence-corrected chi connectivity index (χ0v) is 13.8. The zero-order chi connectivity index (χ0) is 15.2. The summed E-state index contributed by atoms with van der Waals surface area (Å²) in [5, 5.41) is 3.29. The van der Waals surface area contributed by atoms with Crippen molar-refractivity contribution in [3.05, 3.63) is 52.4 Å². The average Bonchev–Trinajstić information content (AvgIpc) is 2.49. The Hall–Kier alpha value is -1.62. The highest BCUT2D eigenvalue weighted by molar-refractivity contribution is 9.10. The van der Waals surface area contributed by atoms with Crippen molar-refractivity contribution < 1.29 is 4.39 Å². The molecule has 5 heteroatoms. The van der Waals surface area contributed by atoms with E-state index in [1.165, 1.54) is 12.1 Å². The fourth-order valence-electron chi connectivity index (χ4n) is 2.09. The number of benzene rings is 1. The van der Waals surface area contributed by atoms with Gasteiger partial charge in [-0.05, 0) is 43.7 Å². The van der Waals surface area contributed by atoms with Gasteiger partial charge in [-0.2, -0.15) is 0 Å². The maximum absolute atomic E-state index is 13.0. The number of halogens is 2. The van der Waals surface area contributed by atoms with Crippen LogP contribution < -0.4 is 10.2 Å². The summed E-state index contributed by atoms with van der Waals surface area (Å²) in [5.41, 5.74) is 1.95. The largest absolute Gasteiger partial charge is 0.380 e. The summed E-state index contributed by atoms with van der Waals surface area (Å²) < 4.78 is 13.8. The van der Waals surface area contributed by atoms with Crippen molar-refractivity contribution in [2.75, 3.05) is 23.3 Å². The van der Waals surface area contributed by atoms with Crippen molar-refractivity contribution in [1.29, 1.82) is 0 Å². The summed E-state index contributed by atoms with van der Waals surface area (Å²) in [6.07, 6.45) is 1.82. The third-order valence-corrected chi connectivity index (χ3v) is 4.07. The van der Waals surface area contributed by atoms with Gasteiger partial charge in [-0.25, -0.2) is 9.37 Å². The molecule has 0 aliphatic heterocycles. The first kappa shape index (κ1) is 15.8. The molecule has 0 saturated carbocycles. The van der Waals surface area contributed by atoms with Crippen molar-refractivity contribution in [1.82, 2.24) is 4.98 Å². The van der Waals surface area contributed by atoms with E-state index >= 15 is 0 Å². The Balaban J connectivity index is 2.00. The van der Waals surface area contributed by atoms with Gasteiger partial charge in [0.05, 0.1) is 11.9 Å². The van der Waals surface area contributed by atoms with Gasteiger partial charge in [0.25, 0.3) is 0 Å². The first-order valence-electron chi connectivity index (χ1n) is 7.02. The Morgan fingerprint density at radius 3 is 2.52 bits per heavy atom. The lowest BCUT2D eigenvalue weighted by Gasteiger charge is -2.19. The second kappa shape index (κ2) is 7.41. The fourth-order valence-corrected chi connectivity index (χ4v) is 2.58. The van der Waals surface area contributed by atoms with Crippen LogP contribution in [0, 0.1) is 5.82 Å². The standard InChI is InChI=1S/C16H19BrFN3/c1-3-21(4-2)16-8-7-14(11-20-16)19-10-12-5-6-13(18)9-15(12)17/h5-9,11,19H,3-4,10H2,1-2H3. The molecular formula is C16H19BrFN3. The van der Waals surface area contributed by atoms with E-state index in [-0.39, 0.29) is 5.82 Å². The smallest absolute Gasteiger partial charge is 0.128 e. The number of nitrogens with zero attached hydrogens (tertiary/aromatic N) is 2. The number of nitrogens with one attached hydrogen (secondary N) is 1. The number of hydrogen-bond acceptors (Lipinski definition) is 3. The summed E-state index contributed by atoms with van der Waals surface area (Å²) in [7, 11) is 0. The van der Waals surface area contributed by atoms with Gasteiger partial charge >= 0.3 is 0 Å². The Kier molecular flexibility index (Phi) is 5.56. The quantitative estimate of drug-likeness (QED) is 0.833. The van der Waals surface area contributed by atoms with Gasteiger partial charge in [0.2, 0.25) is 0 Å². The predicted octanol–water partition coefficient (Wildman–Crippen LogP) is 4.44. The molecule has 2 rings (SSSR count). The lowest BCUT2D eigenvalue weighted by Crippen LogP contribution is -2.22. The highest BCUT2D eigenvalue weighted by Gasteiger charge is 2.04.